The summed E-state index contributed by atoms with van der Waals surface area (Å²) >= 11 is 0. The van der Waals surface area contributed by atoms with Crippen molar-refractivity contribution in [2.45, 2.75) is 97.9 Å². The van der Waals surface area contributed by atoms with Crippen molar-refractivity contribution in [2.24, 2.45) is 5.41 Å². The van der Waals surface area contributed by atoms with E-state index < -0.39 is 16.6 Å². The van der Waals surface area contributed by atoms with E-state index in [4.69, 9.17) is 8.85 Å². The molecule has 0 radical (unpaired) electrons. The van der Waals surface area contributed by atoms with Gasteiger partial charge in [0, 0.05) is 11.8 Å². The minimum atomic E-state index is -1.93. The maximum absolute atomic E-state index is 11.3. The molecule has 0 rings (SSSR count). The van der Waals surface area contributed by atoms with Crippen LogP contribution in [0.4, 0.5) is 0 Å². The maximum atomic E-state index is 11.3. The zero-order valence-electron chi connectivity index (χ0n) is 17.8. The first-order chi connectivity index (χ1) is 10.6. The van der Waals surface area contributed by atoms with Gasteiger partial charge in [-0.05, 0) is 44.7 Å². The van der Waals surface area contributed by atoms with Gasteiger partial charge in [0.25, 0.3) is 0 Å². The van der Waals surface area contributed by atoms with E-state index >= 15 is 0 Å². The Bertz CT molecular complexity index is 429. The van der Waals surface area contributed by atoms with E-state index in [1.54, 1.807) is 0 Å². The number of hydrogen-bond donors (Lipinski definition) is 0. The van der Waals surface area contributed by atoms with Crippen LogP contribution < -0.4 is 0 Å². The molecule has 0 fully saturated rings. The normalized spacial score (nSPS) is 17.1. The summed E-state index contributed by atoms with van der Waals surface area (Å²) in [6, 6.07) is 0. The molecule has 0 spiro atoms. The molecule has 5 heteroatoms. The van der Waals surface area contributed by atoms with Crippen LogP contribution in [0.25, 0.3) is 0 Å². The third kappa shape index (κ3) is 6.94. The van der Waals surface area contributed by atoms with Crippen LogP contribution in [-0.4, -0.2) is 35.1 Å². The molecule has 24 heavy (non-hydrogen) atoms. The van der Waals surface area contributed by atoms with Gasteiger partial charge in [-0.15, -0.1) is 0 Å². The minimum absolute atomic E-state index is 0.0651. The van der Waals surface area contributed by atoms with Crippen LogP contribution in [0.5, 0.6) is 0 Å². The number of allylic oxidation sites excluding steroid dienone is 1. The summed E-state index contributed by atoms with van der Waals surface area (Å²) in [5.41, 5.74) is -0.275. The highest BCUT2D eigenvalue weighted by Crippen LogP contribution is 2.42. The smallest absolute Gasteiger partial charge is 0.192 e. The molecule has 0 saturated carbocycles. The first-order valence-corrected chi connectivity index (χ1v) is 15.3. The van der Waals surface area contributed by atoms with E-state index in [1.165, 1.54) is 0 Å². The molecule has 3 nitrogen and oxygen atoms in total. The van der Waals surface area contributed by atoms with E-state index in [2.05, 4.69) is 73.4 Å². The first kappa shape index (κ1) is 23.8. The lowest BCUT2D eigenvalue weighted by atomic mass is 9.79. The summed E-state index contributed by atoms with van der Waals surface area (Å²) in [7, 11) is -3.68. The first-order valence-electron chi connectivity index (χ1n) is 9.00. The van der Waals surface area contributed by atoms with E-state index in [1.807, 2.05) is 13.0 Å². The lowest BCUT2D eigenvalue weighted by Crippen LogP contribution is -2.52. The van der Waals surface area contributed by atoms with E-state index in [9.17, 15) is 4.79 Å². The third-order valence-corrected chi connectivity index (χ3v) is 10.4. The van der Waals surface area contributed by atoms with Crippen LogP contribution in [0.15, 0.2) is 12.2 Å². The molecule has 2 unspecified atom stereocenters. The van der Waals surface area contributed by atoms with E-state index in [0.29, 0.717) is 6.42 Å². The third-order valence-electron chi connectivity index (χ3n) is 4.96. The summed E-state index contributed by atoms with van der Waals surface area (Å²) in [6.45, 7) is 24.1. The fourth-order valence-electron chi connectivity index (χ4n) is 2.31. The molecule has 0 aromatic heterocycles. The lowest BCUT2D eigenvalue weighted by Gasteiger charge is -2.47. The number of aldehydes is 1. The summed E-state index contributed by atoms with van der Waals surface area (Å²) in [5.74, 6) is 0. The van der Waals surface area contributed by atoms with Gasteiger partial charge in [0.05, 0.1) is 12.2 Å². The van der Waals surface area contributed by atoms with E-state index in [0.717, 1.165) is 6.29 Å². The quantitative estimate of drug-likeness (QED) is 0.292. The van der Waals surface area contributed by atoms with Crippen molar-refractivity contribution < 1.29 is 13.6 Å². The average molecular weight is 373 g/mol. The predicted octanol–water partition coefficient (Wildman–Crippen LogP) is 5.79. The van der Waals surface area contributed by atoms with Crippen LogP contribution in [0, 0.1) is 5.41 Å². The van der Waals surface area contributed by atoms with Crippen molar-refractivity contribution in [3.8, 4) is 0 Å². The molecule has 0 aliphatic carbocycles. The van der Waals surface area contributed by atoms with Crippen molar-refractivity contribution in [3.63, 3.8) is 0 Å². The molecule has 0 saturated heterocycles. The maximum Gasteiger partial charge on any atom is 0.192 e. The summed E-state index contributed by atoms with van der Waals surface area (Å²) < 4.78 is 13.1. The van der Waals surface area contributed by atoms with Crippen molar-refractivity contribution in [3.05, 3.63) is 12.2 Å². The van der Waals surface area contributed by atoms with Gasteiger partial charge in [0.15, 0.2) is 16.6 Å². The zero-order chi connectivity index (χ0) is 19.4. The Kier molecular flexibility index (Phi) is 8.35. The van der Waals surface area contributed by atoms with Crippen molar-refractivity contribution in [2.75, 3.05) is 0 Å². The van der Waals surface area contributed by atoms with Gasteiger partial charge < -0.3 is 13.6 Å². The number of carbonyl (C=O) groups excluding carboxylic acids is 1. The molecule has 0 heterocycles. The summed E-state index contributed by atoms with van der Waals surface area (Å²) in [5, 5.41) is 0.142. The highest BCUT2D eigenvalue weighted by Gasteiger charge is 2.45. The molecule has 0 N–H and O–H groups in total. The molecule has 0 aliphatic rings. The molecule has 0 bridgehead atoms. The van der Waals surface area contributed by atoms with Crippen LogP contribution >= 0.6 is 0 Å². The SMILES string of the molecule is C/C=C/C(O[Si](C)(C)C(C)(C)C)C(C)(C)C(CC=O)O[Si](C)(C)C. The second-order valence-corrected chi connectivity index (χ2v) is 19.0. The fourth-order valence-corrected chi connectivity index (χ4v) is 4.93. The Labute approximate surface area is 152 Å². The second-order valence-electron chi connectivity index (χ2n) is 9.77. The highest BCUT2D eigenvalue weighted by molar-refractivity contribution is 6.74. The number of hydrogen-bond acceptors (Lipinski definition) is 3. The van der Waals surface area contributed by atoms with Gasteiger partial charge in [0.1, 0.15) is 6.29 Å². The Balaban J connectivity index is 5.69. The van der Waals surface area contributed by atoms with Crippen LogP contribution in [0.3, 0.4) is 0 Å². The Morgan fingerprint density at radius 1 is 0.958 bits per heavy atom. The van der Waals surface area contributed by atoms with Gasteiger partial charge in [-0.1, -0.05) is 46.8 Å². The monoisotopic (exact) mass is 372 g/mol. The lowest BCUT2D eigenvalue weighted by molar-refractivity contribution is -0.111. The standard InChI is InChI=1S/C19H40O3Si2/c1-12-13-16(22-24(10,11)18(2,3)4)19(5,6)17(14-15-20)21-23(7,8)9/h12-13,15-17H,14H2,1-11H3/b13-12+. The average Bonchev–Trinajstić information content (AvgIpc) is 2.34. The van der Waals surface area contributed by atoms with E-state index in [-0.39, 0.29) is 22.7 Å². The molecular weight excluding hydrogens is 332 g/mol. The zero-order valence-corrected chi connectivity index (χ0v) is 19.8. The van der Waals surface area contributed by atoms with Gasteiger partial charge in [-0.2, -0.15) is 0 Å². The van der Waals surface area contributed by atoms with Gasteiger partial charge in [-0.25, -0.2) is 0 Å². The summed E-state index contributed by atoms with van der Waals surface area (Å²) in [6.07, 6.45) is 5.37. The van der Waals surface area contributed by atoms with Crippen molar-refractivity contribution in [1.82, 2.24) is 0 Å². The molecule has 142 valence electrons. The highest BCUT2D eigenvalue weighted by atomic mass is 28.4. The Hall–Kier alpha value is -0.236. The minimum Gasteiger partial charge on any atom is -0.414 e. The molecule has 0 aromatic rings. The largest absolute Gasteiger partial charge is 0.414 e. The van der Waals surface area contributed by atoms with Gasteiger partial charge in [0.2, 0.25) is 0 Å². The second kappa shape index (κ2) is 8.43. The fraction of sp³-hybridized carbons (Fsp3) is 0.842. The Morgan fingerprint density at radius 2 is 1.46 bits per heavy atom. The van der Waals surface area contributed by atoms with Gasteiger partial charge >= 0.3 is 0 Å². The molecule has 0 aromatic carbocycles. The molecule has 2 atom stereocenters. The van der Waals surface area contributed by atoms with Crippen molar-refractivity contribution >= 4 is 22.9 Å². The topological polar surface area (TPSA) is 35.5 Å². The molecule has 0 amide bonds. The van der Waals surface area contributed by atoms with Crippen LogP contribution in [-0.2, 0) is 13.6 Å². The van der Waals surface area contributed by atoms with Gasteiger partial charge in [-0.3, -0.25) is 0 Å². The molecule has 0 aliphatic heterocycles. The number of carbonyl (C=O) groups is 1. The molecular formula is C19H40O3Si2. The number of rotatable bonds is 9. The van der Waals surface area contributed by atoms with Crippen LogP contribution in [0.1, 0.15) is 48.0 Å². The summed E-state index contributed by atoms with van der Waals surface area (Å²) in [4.78, 5) is 11.3. The van der Waals surface area contributed by atoms with Crippen molar-refractivity contribution in [1.29, 1.82) is 0 Å². The Morgan fingerprint density at radius 3 is 1.79 bits per heavy atom. The van der Waals surface area contributed by atoms with Crippen LogP contribution in [0.2, 0.25) is 37.8 Å². The predicted molar refractivity (Wildman–Crippen MR) is 110 cm³/mol.